The van der Waals surface area contributed by atoms with Crippen molar-refractivity contribution >= 4 is 11.7 Å². The molecular weight excluding hydrogens is 384 g/mol. The van der Waals surface area contributed by atoms with Gasteiger partial charge < -0.3 is 30.9 Å². The highest BCUT2D eigenvalue weighted by Crippen LogP contribution is 2.25. The van der Waals surface area contributed by atoms with Gasteiger partial charge in [0, 0.05) is 36.8 Å². The van der Waals surface area contributed by atoms with E-state index in [0.717, 1.165) is 24.0 Å². The quantitative estimate of drug-likeness (QED) is 0.469. The zero-order chi connectivity index (χ0) is 21.1. The van der Waals surface area contributed by atoms with Crippen molar-refractivity contribution in [2.75, 3.05) is 19.0 Å². The summed E-state index contributed by atoms with van der Waals surface area (Å²) in [6.45, 7) is 0.692. The van der Waals surface area contributed by atoms with Crippen molar-refractivity contribution in [2.45, 2.75) is 50.4 Å². The van der Waals surface area contributed by atoms with Crippen molar-refractivity contribution in [1.29, 1.82) is 0 Å². The van der Waals surface area contributed by atoms with E-state index in [4.69, 9.17) is 4.74 Å². The summed E-state index contributed by atoms with van der Waals surface area (Å²) < 4.78 is 5.23. The summed E-state index contributed by atoms with van der Waals surface area (Å²) >= 11 is 0. The van der Waals surface area contributed by atoms with Crippen LogP contribution in [0, 0.1) is 0 Å². The summed E-state index contributed by atoms with van der Waals surface area (Å²) in [5.41, 5.74) is 2.55. The lowest BCUT2D eigenvalue weighted by molar-refractivity contribution is 0.0869. The Morgan fingerprint density at radius 2 is 2.13 bits per heavy atom. The van der Waals surface area contributed by atoms with Crippen molar-refractivity contribution in [3.63, 3.8) is 0 Å². The molecule has 4 rings (SSSR count). The molecular formula is C22H28N4O4. The molecule has 1 aliphatic heterocycles. The number of nitrogens with zero attached hydrogens (tertiary/aromatic N) is 1. The minimum Gasteiger partial charge on any atom is -0.508 e. The third kappa shape index (κ3) is 4.66. The van der Waals surface area contributed by atoms with Crippen molar-refractivity contribution in [3.8, 4) is 11.6 Å². The van der Waals surface area contributed by atoms with Crippen LogP contribution in [0.4, 0.5) is 5.82 Å². The van der Waals surface area contributed by atoms with E-state index in [1.54, 1.807) is 24.3 Å². The second kappa shape index (κ2) is 8.89. The third-order valence-corrected chi connectivity index (χ3v) is 5.85. The fourth-order valence-electron chi connectivity index (χ4n) is 3.82. The Hall–Kier alpha value is -2.84. The molecule has 5 N–H and O–H groups in total. The number of ether oxygens (including phenoxy) is 1. The van der Waals surface area contributed by atoms with E-state index in [-0.39, 0.29) is 24.2 Å². The van der Waals surface area contributed by atoms with Crippen LogP contribution in [0.15, 0.2) is 30.3 Å². The molecule has 0 saturated heterocycles. The number of nitrogens with one attached hydrogen (secondary N) is 3. The maximum Gasteiger partial charge on any atom is 0.251 e. The first kappa shape index (κ1) is 20.4. The van der Waals surface area contributed by atoms with E-state index >= 15 is 0 Å². The van der Waals surface area contributed by atoms with E-state index in [0.29, 0.717) is 36.3 Å². The molecule has 8 nitrogen and oxygen atoms in total. The van der Waals surface area contributed by atoms with E-state index < -0.39 is 6.10 Å². The van der Waals surface area contributed by atoms with Gasteiger partial charge in [0.2, 0.25) is 5.88 Å². The average molecular weight is 412 g/mol. The Morgan fingerprint density at radius 3 is 2.87 bits per heavy atom. The number of aliphatic hydroxyl groups is 1. The molecule has 2 atom stereocenters. The van der Waals surface area contributed by atoms with Gasteiger partial charge in [0.25, 0.3) is 5.91 Å². The van der Waals surface area contributed by atoms with Crippen molar-refractivity contribution < 1.29 is 19.7 Å². The lowest BCUT2D eigenvalue weighted by atomic mass is 9.92. The van der Waals surface area contributed by atoms with Crippen LogP contribution >= 0.6 is 0 Å². The number of phenols is 1. The van der Waals surface area contributed by atoms with Crippen LogP contribution in [0.25, 0.3) is 0 Å². The molecule has 1 aliphatic carbocycles. The van der Waals surface area contributed by atoms with Gasteiger partial charge in [-0.1, -0.05) is 6.07 Å². The van der Waals surface area contributed by atoms with Gasteiger partial charge in [-0.05, 0) is 55.0 Å². The molecule has 30 heavy (non-hydrogen) atoms. The molecule has 2 heterocycles. The van der Waals surface area contributed by atoms with Gasteiger partial charge in [0.1, 0.15) is 11.6 Å². The first-order valence-corrected chi connectivity index (χ1v) is 10.3. The molecule has 2 aliphatic rings. The summed E-state index contributed by atoms with van der Waals surface area (Å²) in [5, 5.41) is 29.6. The number of fused-ring (bicyclic) bond motifs is 1. The molecule has 0 radical (unpaired) electrons. The lowest BCUT2D eigenvalue weighted by Crippen LogP contribution is -2.49. The van der Waals surface area contributed by atoms with Crippen molar-refractivity contribution in [3.05, 3.63) is 47.0 Å². The first-order valence-electron chi connectivity index (χ1n) is 10.3. The second-order valence-corrected chi connectivity index (χ2v) is 7.98. The number of pyridine rings is 1. The number of carbonyl (C=O) groups excluding carboxylic acids is 1. The Balaban J connectivity index is 1.36. The first-order chi connectivity index (χ1) is 14.5. The highest BCUT2D eigenvalue weighted by Gasteiger charge is 2.25. The number of aromatic nitrogens is 1. The van der Waals surface area contributed by atoms with Crippen LogP contribution in [-0.4, -0.2) is 52.9 Å². The number of amides is 1. The number of aromatic hydroxyl groups is 1. The van der Waals surface area contributed by atoms with Crippen LogP contribution in [0.3, 0.4) is 0 Å². The smallest absolute Gasteiger partial charge is 0.251 e. The maximum absolute atomic E-state index is 12.7. The molecule has 1 fully saturated rings. The highest BCUT2D eigenvalue weighted by molar-refractivity contribution is 5.95. The topological polar surface area (TPSA) is 116 Å². The fourth-order valence-corrected chi connectivity index (χ4v) is 3.82. The predicted molar refractivity (Wildman–Crippen MR) is 113 cm³/mol. The summed E-state index contributed by atoms with van der Waals surface area (Å²) in [5.74, 6) is 0.950. The number of rotatable bonds is 7. The van der Waals surface area contributed by atoms with E-state index in [1.807, 2.05) is 6.07 Å². The molecule has 1 aromatic carbocycles. The van der Waals surface area contributed by atoms with Gasteiger partial charge in [-0.2, -0.15) is 4.98 Å². The lowest BCUT2D eigenvalue weighted by Gasteiger charge is -2.30. The Morgan fingerprint density at radius 1 is 1.30 bits per heavy atom. The van der Waals surface area contributed by atoms with Crippen LogP contribution in [0.1, 0.15) is 40.7 Å². The van der Waals surface area contributed by atoms with Gasteiger partial charge in [0.05, 0.1) is 13.2 Å². The summed E-state index contributed by atoms with van der Waals surface area (Å²) in [7, 11) is 1.52. The third-order valence-electron chi connectivity index (χ3n) is 5.85. The second-order valence-electron chi connectivity index (χ2n) is 7.98. The van der Waals surface area contributed by atoms with Gasteiger partial charge in [-0.15, -0.1) is 0 Å². The minimum atomic E-state index is -0.743. The molecule has 8 heteroatoms. The number of carbonyl (C=O) groups is 1. The molecule has 1 saturated carbocycles. The maximum atomic E-state index is 12.7. The van der Waals surface area contributed by atoms with Gasteiger partial charge >= 0.3 is 0 Å². The predicted octanol–water partition coefficient (Wildman–Crippen LogP) is 1.57. The monoisotopic (exact) mass is 412 g/mol. The Labute approximate surface area is 175 Å². The van der Waals surface area contributed by atoms with E-state index in [2.05, 4.69) is 20.9 Å². The number of hydrogen-bond donors (Lipinski definition) is 5. The van der Waals surface area contributed by atoms with Crippen molar-refractivity contribution in [1.82, 2.24) is 15.6 Å². The normalized spacial score (nSPS) is 19.3. The number of benzene rings is 1. The number of methoxy groups -OCH3 is 1. The number of hydrogen-bond acceptors (Lipinski definition) is 7. The van der Waals surface area contributed by atoms with Gasteiger partial charge in [-0.3, -0.25) is 4.79 Å². The minimum absolute atomic E-state index is 0.125. The Kier molecular flexibility index (Phi) is 6.06. The number of phenolic OH excluding ortho intramolecular Hbond substituents is 1. The van der Waals surface area contributed by atoms with E-state index in [1.165, 1.54) is 13.5 Å². The van der Waals surface area contributed by atoms with E-state index in [9.17, 15) is 15.0 Å². The number of anilines is 1. The van der Waals surface area contributed by atoms with Crippen LogP contribution < -0.4 is 20.7 Å². The zero-order valence-electron chi connectivity index (χ0n) is 17.0. The van der Waals surface area contributed by atoms with Crippen molar-refractivity contribution in [2.24, 2.45) is 0 Å². The largest absolute Gasteiger partial charge is 0.508 e. The van der Waals surface area contributed by atoms with Crippen LogP contribution in [0.2, 0.25) is 0 Å². The fraction of sp³-hybridized carbons (Fsp3) is 0.455. The molecule has 2 aromatic rings. The Bertz CT molecular complexity index is 916. The number of aliphatic hydroxyl groups excluding tert-OH is 1. The molecule has 1 amide bonds. The molecule has 1 aromatic heterocycles. The van der Waals surface area contributed by atoms with Crippen LogP contribution in [0.5, 0.6) is 11.6 Å². The molecule has 0 unspecified atom stereocenters. The van der Waals surface area contributed by atoms with Gasteiger partial charge in [0.15, 0.2) is 0 Å². The standard InChI is InChI=1S/C22H28N4O4/c1-30-21-10-14(9-20(26-21)25-16-3-2-4-16)22(29)24-12-19(28)18-8-13-5-6-17(27)7-15(13)11-23-18/h5-7,9-10,16,18-19,23,27-28H,2-4,8,11-12H2,1H3,(H,24,29)(H,25,26)/t18-,19+/m0/s1. The zero-order valence-corrected chi connectivity index (χ0v) is 17.0. The summed E-state index contributed by atoms with van der Waals surface area (Å²) in [6.07, 6.45) is 3.29. The molecule has 0 spiro atoms. The van der Waals surface area contributed by atoms with Crippen LogP contribution in [-0.2, 0) is 13.0 Å². The van der Waals surface area contributed by atoms with Gasteiger partial charge in [-0.25, -0.2) is 0 Å². The molecule has 160 valence electrons. The average Bonchev–Trinajstić information content (AvgIpc) is 2.73. The molecule has 0 bridgehead atoms. The summed E-state index contributed by atoms with van der Waals surface area (Å²) in [4.78, 5) is 17.0. The highest BCUT2D eigenvalue weighted by atomic mass is 16.5. The SMILES string of the molecule is COc1cc(C(=O)NC[C@@H](O)[C@@H]2Cc3ccc(O)cc3CN2)cc(NC2CCC2)n1. The summed E-state index contributed by atoms with van der Waals surface area (Å²) in [6, 6.07) is 8.79.